The van der Waals surface area contributed by atoms with Crippen LogP contribution in [0.4, 0.5) is 0 Å². The van der Waals surface area contributed by atoms with Crippen LogP contribution in [-0.4, -0.2) is 29.0 Å². The molecule has 0 heterocycles. The van der Waals surface area contributed by atoms with Crippen LogP contribution in [0.5, 0.6) is 0 Å². The van der Waals surface area contributed by atoms with Crippen molar-refractivity contribution < 1.29 is 9.90 Å². The summed E-state index contributed by atoms with van der Waals surface area (Å²) in [6.07, 6.45) is -0.708. The average Bonchev–Trinajstić information content (AvgIpc) is 2.48. The lowest BCUT2D eigenvalue weighted by molar-refractivity contribution is -0.119. The lowest BCUT2D eigenvalue weighted by Crippen LogP contribution is -2.36. The van der Waals surface area contributed by atoms with Crippen LogP contribution in [-0.2, 0) is 11.3 Å². The summed E-state index contributed by atoms with van der Waals surface area (Å²) in [5, 5.41) is 11.0. The highest BCUT2D eigenvalue weighted by Crippen LogP contribution is 2.18. The highest BCUT2D eigenvalue weighted by atomic mass is 35.5. The molecule has 2 rings (SSSR count). The fraction of sp³-hybridized carbons (Fsp3) is 0.235. The molecule has 5 heteroatoms. The maximum Gasteiger partial charge on any atom is 0.231 e. The lowest BCUT2D eigenvalue weighted by Gasteiger charge is -2.24. The Morgan fingerprint density at radius 3 is 2.36 bits per heavy atom. The molecule has 116 valence electrons. The summed E-state index contributed by atoms with van der Waals surface area (Å²) in [4.78, 5) is 13.1. The van der Waals surface area contributed by atoms with Crippen molar-refractivity contribution in [2.45, 2.75) is 12.6 Å². The number of primary amides is 1. The minimum absolute atomic E-state index is 0.0968. The number of carbonyl (C=O) groups excluding carboxylic acids is 1. The molecule has 0 aromatic heterocycles. The predicted molar refractivity (Wildman–Crippen MR) is 87.3 cm³/mol. The van der Waals surface area contributed by atoms with Crippen LogP contribution in [0.25, 0.3) is 0 Å². The van der Waals surface area contributed by atoms with Crippen LogP contribution in [0.2, 0.25) is 5.02 Å². The van der Waals surface area contributed by atoms with Gasteiger partial charge in [-0.25, -0.2) is 0 Å². The molecule has 0 aliphatic rings. The third-order valence-corrected chi connectivity index (χ3v) is 3.57. The first-order valence-electron chi connectivity index (χ1n) is 7.02. The van der Waals surface area contributed by atoms with Gasteiger partial charge < -0.3 is 10.8 Å². The molecule has 0 aliphatic carbocycles. The molecule has 0 spiro atoms. The van der Waals surface area contributed by atoms with Crippen molar-refractivity contribution in [2.24, 2.45) is 5.73 Å². The topological polar surface area (TPSA) is 66.6 Å². The van der Waals surface area contributed by atoms with Gasteiger partial charge in [-0.3, -0.25) is 9.69 Å². The number of benzene rings is 2. The van der Waals surface area contributed by atoms with Crippen LogP contribution in [0.3, 0.4) is 0 Å². The summed E-state index contributed by atoms with van der Waals surface area (Å²) < 4.78 is 0. The van der Waals surface area contributed by atoms with Gasteiger partial charge in [-0.05, 0) is 23.3 Å². The number of nitrogens with two attached hydrogens (primary N) is 1. The monoisotopic (exact) mass is 318 g/mol. The quantitative estimate of drug-likeness (QED) is 0.823. The fourth-order valence-corrected chi connectivity index (χ4v) is 2.41. The van der Waals surface area contributed by atoms with Crippen molar-refractivity contribution in [2.75, 3.05) is 13.1 Å². The van der Waals surface area contributed by atoms with Gasteiger partial charge in [0, 0.05) is 18.1 Å². The first kappa shape index (κ1) is 16.5. The summed E-state index contributed by atoms with van der Waals surface area (Å²) in [6, 6.07) is 16.8. The summed E-state index contributed by atoms with van der Waals surface area (Å²) in [5.41, 5.74) is 7.12. The number of aliphatic hydroxyl groups is 1. The number of halogens is 1. The van der Waals surface area contributed by atoms with Gasteiger partial charge in [-0.2, -0.15) is 0 Å². The Kier molecular flexibility index (Phi) is 5.95. The molecule has 0 saturated carbocycles. The van der Waals surface area contributed by atoms with Crippen LogP contribution >= 0.6 is 11.6 Å². The van der Waals surface area contributed by atoms with E-state index in [2.05, 4.69) is 0 Å². The summed E-state index contributed by atoms with van der Waals surface area (Å²) in [7, 11) is 0. The Bertz CT molecular complexity index is 602. The molecule has 1 unspecified atom stereocenters. The van der Waals surface area contributed by atoms with Crippen molar-refractivity contribution >= 4 is 17.5 Å². The van der Waals surface area contributed by atoms with E-state index in [1.54, 1.807) is 24.3 Å². The minimum atomic E-state index is -0.708. The maximum atomic E-state index is 11.2. The first-order chi connectivity index (χ1) is 10.5. The van der Waals surface area contributed by atoms with E-state index < -0.39 is 12.0 Å². The Hall–Kier alpha value is -1.88. The zero-order valence-corrected chi connectivity index (χ0v) is 12.9. The van der Waals surface area contributed by atoms with Crippen molar-refractivity contribution in [3.8, 4) is 0 Å². The Balaban J connectivity index is 2.05. The number of aliphatic hydroxyl groups excluding tert-OH is 1. The molecule has 1 amide bonds. The van der Waals surface area contributed by atoms with Gasteiger partial charge in [0.1, 0.15) is 0 Å². The number of carbonyl (C=O) groups is 1. The van der Waals surface area contributed by atoms with Crippen LogP contribution < -0.4 is 5.73 Å². The normalized spacial score (nSPS) is 12.3. The minimum Gasteiger partial charge on any atom is -0.387 e. The van der Waals surface area contributed by atoms with Crippen LogP contribution in [0, 0.1) is 0 Å². The van der Waals surface area contributed by atoms with E-state index in [4.69, 9.17) is 17.3 Å². The summed E-state index contributed by atoms with van der Waals surface area (Å²) >= 11 is 5.85. The van der Waals surface area contributed by atoms with Crippen molar-refractivity contribution in [3.63, 3.8) is 0 Å². The average molecular weight is 319 g/mol. The molecular weight excluding hydrogens is 300 g/mol. The number of nitrogens with zero attached hydrogens (tertiary/aromatic N) is 1. The Morgan fingerprint density at radius 2 is 1.77 bits per heavy atom. The van der Waals surface area contributed by atoms with Gasteiger partial charge in [-0.15, -0.1) is 0 Å². The van der Waals surface area contributed by atoms with E-state index >= 15 is 0 Å². The fourth-order valence-electron chi connectivity index (χ4n) is 2.28. The van der Waals surface area contributed by atoms with Crippen molar-refractivity contribution in [3.05, 3.63) is 70.7 Å². The maximum absolute atomic E-state index is 11.2. The van der Waals surface area contributed by atoms with E-state index in [9.17, 15) is 9.90 Å². The summed E-state index contributed by atoms with van der Waals surface area (Å²) in [5.74, 6) is -0.417. The zero-order valence-electron chi connectivity index (χ0n) is 12.2. The van der Waals surface area contributed by atoms with E-state index in [0.29, 0.717) is 18.1 Å². The van der Waals surface area contributed by atoms with Gasteiger partial charge in [0.05, 0.1) is 12.6 Å². The molecule has 2 aromatic carbocycles. The van der Waals surface area contributed by atoms with Gasteiger partial charge >= 0.3 is 0 Å². The van der Waals surface area contributed by atoms with Crippen molar-refractivity contribution in [1.82, 2.24) is 4.90 Å². The van der Waals surface area contributed by atoms with Gasteiger partial charge in [-0.1, -0.05) is 54.1 Å². The third-order valence-electron chi connectivity index (χ3n) is 3.31. The summed E-state index contributed by atoms with van der Waals surface area (Å²) in [6.45, 7) is 0.966. The van der Waals surface area contributed by atoms with Crippen LogP contribution in [0.1, 0.15) is 17.2 Å². The largest absolute Gasteiger partial charge is 0.387 e. The highest BCUT2D eigenvalue weighted by Gasteiger charge is 2.15. The molecule has 0 radical (unpaired) electrons. The zero-order chi connectivity index (χ0) is 15.9. The molecule has 4 nitrogen and oxygen atoms in total. The number of rotatable bonds is 7. The SMILES string of the molecule is NC(=O)CN(Cc1ccccc1)CC(O)c1ccc(Cl)cc1. The number of hydrogen-bond acceptors (Lipinski definition) is 3. The molecule has 0 bridgehead atoms. The van der Waals surface area contributed by atoms with Gasteiger partial charge in [0.2, 0.25) is 5.91 Å². The smallest absolute Gasteiger partial charge is 0.231 e. The van der Waals surface area contributed by atoms with Gasteiger partial charge in [0.15, 0.2) is 0 Å². The second-order valence-electron chi connectivity index (χ2n) is 5.19. The third kappa shape index (κ3) is 5.15. The molecule has 0 fully saturated rings. The van der Waals surface area contributed by atoms with Crippen LogP contribution in [0.15, 0.2) is 54.6 Å². The van der Waals surface area contributed by atoms with Crippen molar-refractivity contribution in [1.29, 1.82) is 0 Å². The molecule has 2 aromatic rings. The standard InChI is InChI=1S/C17H19ClN2O2/c18-15-8-6-14(7-9-15)16(21)11-20(12-17(19)22)10-13-4-2-1-3-5-13/h1-9,16,21H,10-12H2,(H2,19,22). The molecule has 0 saturated heterocycles. The second kappa shape index (κ2) is 7.94. The van der Waals surface area contributed by atoms with E-state index in [1.165, 1.54) is 0 Å². The lowest BCUT2D eigenvalue weighted by atomic mass is 10.1. The predicted octanol–water partition coefficient (Wildman–Crippen LogP) is 2.36. The Labute approximate surface area is 135 Å². The molecular formula is C17H19ClN2O2. The second-order valence-corrected chi connectivity index (χ2v) is 5.63. The van der Waals surface area contributed by atoms with E-state index in [-0.39, 0.29) is 6.54 Å². The molecule has 22 heavy (non-hydrogen) atoms. The molecule has 3 N–H and O–H groups in total. The van der Waals surface area contributed by atoms with E-state index in [1.807, 2.05) is 35.2 Å². The molecule has 0 aliphatic heterocycles. The highest BCUT2D eigenvalue weighted by molar-refractivity contribution is 6.30. The first-order valence-corrected chi connectivity index (χ1v) is 7.40. The Morgan fingerprint density at radius 1 is 1.14 bits per heavy atom. The number of amides is 1. The van der Waals surface area contributed by atoms with Gasteiger partial charge in [0.25, 0.3) is 0 Å². The number of hydrogen-bond donors (Lipinski definition) is 2. The van der Waals surface area contributed by atoms with E-state index in [0.717, 1.165) is 11.1 Å². The molecule has 1 atom stereocenters.